The van der Waals surface area contributed by atoms with Gasteiger partial charge in [-0.15, -0.1) is 13.2 Å². The topological polar surface area (TPSA) is 35.2 Å². The Morgan fingerprint density at radius 3 is 2.43 bits per heavy atom. The minimum absolute atomic E-state index is 0.0766. The predicted molar refractivity (Wildman–Crippen MR) is 55.3 cm³/mol. The van der Waals surface area contributed by atoms with Crippen molar-refractivity contribution < 1.29 is 17.9 Å². The summed E-state index contributed by atoms with van der Waals surface area (Å²) >= 11 is 7.31. The maximum Gasteiger partial charge on any atom is 0.573 e. The molecular formula is C7H4ClF3INO. The molecule has 0 spiro atoms. The van der Waals surface area contributed by atoms with Crippen LogP contribution in [0, 0.1) is 3.57 Å². The average Bonchev–Trinajstić information content (AvgIpc) is 1.96. The normalized spacial score (nSPS) is 11.5. The zero-order valence-corrected chi connectivity index (χ0v) is 9.44. The number of nitrogens with two attached hydrogens (primary N) is 1. The van der Waals surface area contributed by atoms with Crippen molar-refractivity contribution in [1.29, 1.82) is 0 Å². The Balaban J connectivity index is 3.09. The highest BCUT2D eigenvalue weighted by Gasteiger charge is 2.32. The van der Waals surface area contributed by atoms with Crippen LogP contribution in [0.5, 0.6) is 5.75 Å². The van der Waals surface area contributed by atoms with Crippen LogP contribution >= 0.6 is 34.2 Å². The van der Waals surface area contributed by atoms with Crippen molar-refractivity contribution in [2.45, 2.75) is 6.36 Å². The molecule has 0 amide bonds. The molecule has 2 nitrogen and oxygen atoms in total. The number of ether oxygens (including phenoxy) is 1. The lowest BCUT2D eigenvalue weighted by molar-refractivity contribution is -0.274. The first-order valence-corrected chi connectivity index (χ1v) is 4.75. The van der Waals surface area contributed by atoms with Gasteiger partial charge < -0.3 is 10.5 Å². The molecule has 78 valence electrons. The van der Waals surface area contributed by atoms with Crippen molar-refractivity contribution in [1.82, 2.24) is 0 Å². The van der Waals surface area contributed by atoms with Crippen LogP contribution in [0.3, 0.4) is 0 Å². The lowest BCUT2D eigenvalue weighted by Gasteiger charge is -2.12. The van der Waals surface area contributed by atoms with Crippen molar-refractivity contribution in [2.24, 2.45) is 0 Å². The van der Waals surface area contributed by atoms with Gasteiger partial charge in [-0.25, -0.2) is 0 Å². The van der Waals surface area contributed by atoms with E-state index < -0.39 is 12.1 Å². The van der Waals surface area contributed by atoms with E-state index in [1.165, 1.54) is 6.07 Å². The third-order valence-electron chi connectivity index (χ3n) is 1.28. The van der Waals surface area contributed by atoms with E-state index in [2.05, 4.69) is 4.74 Å². The third-order valence-corrected chi connectivity index (χ3v) is 2.39. The van der Waals surface area contributed by atoms with Gasteiger partial charge in [0.2, 0.25) is 0 Å². The van der Waals surface area contributed by atoms with Crippen LogP contribution in [-0.4, -0.2) is 6.36 Å². The molecule has 1 rings (SSSR count). The predicted octanol–water partition coefficient (Wildman–Crippen LogP) is 3.43. The first kappa shape index (κ1) is 11.7. The van der Waals surface area contributed by atoms with E-state index >= 15 is 0 Å². The summed E-state index contributed by atoms with van der Waals surface area (Å²) < 4.78 is 39.7. The molecule has 0 aliphatic carbocycles. The molecule has 7 heteroatoms. The van der Waals surface area contributed by atoms with Gasteiger partial charge in [-0.05, 0) is 28.7 Å². The molecule has 0 saturated carbocycles. The van der Waals surface area contributed by atoms with E-state index in [0.717, 1.165) is 6.07 Å². The van der Waals surface area contributed by atoms with Crippen LogP contribution < -0.4 is 10.5 Å². The number of halogens is 5. The van der Waals surface area contributed by atoms with E-state index in [0.29, 0.717) is 3.57 Å². The monoisotopic (exact) mass is 337 g/mol. The van der Waals surface area contributed by atoms with Gasteiger partial charge in [0.15, 0.2) is 5.75 Å². The van der Waals surface area contributed by atoms with Crippen LogP contribution in [0.1, 0.15) is 0 Å². The van der Waals surface area contributed by atoms with Gasteiger partial charge in [-0.3, -0.25) is 0 Å². The molecule has 0 unspecified atom stereocenters. The minimum atomic E-state index is -4.76. The SMILES string of the molecule is Nc1c(I)cc(Cl)cc1OC(F)(F)F. The van der Waals surface area contributed by atoms with Gasteiger partial charge in [0.05, 0.1) is 5.69 Å². The highest BCUT2D eigenvalue weighted by Crippen LogP contribution is 2.34. The Kier molecular flexibility index (Phi) is 3.36. The number of rotatable bonds is 1. The van der Waals surface area contributed by atoms with Crippen LogP contribution in [-0.2, 0) is 0 Å². The molecule has 1 aromatic carbocycles. The number of nitrogen functional groups attached to an aromatic ring is 1. The molecule has 14 heavy (non-hydrogen) atoms. The molecule has 0 bridgehead atoms. The second-order valence-electron chi connectivity index (χ2n) is 2.35. The zero-order valence-electron chi connectivity index (χ0n) is 6.53. The summed E-state index contributed by atoms with van der Waals surface area (Å²) in [5.74, 6) is -0.477. The molecule has 0 aliphatic heterocycles. The number of hydrogen-bond acceptors (Lipinski definition) is 2. The molecule has 1 aromatic rings. The summed E-state index contributed by atoms with van der Waals surface area (Å²) in [6.07, 6.45) is -4.76. The molecule has 0 aliphatic rings. The highest BCUT2D eigenvalue weighted by atomic mass is 127. The van der Waals surface area contributed by atoms with E-state index in [1.807, 2.05) is 0 Å². The quantitative estimate of drug-likeness (QED) is 0.629. The van der Waals surface area contributed by atoms with Crippen LogP contribution in [0.2, 0.25) is 5.02 Å². The van der Waals surface area contributed by atoms with Gasteiger partial charge >= 0.3 is 6.36 Å². The van der Waals surface area contributed by atoms with Crippen LogP contribution in [0.15, 0.2) is 12.1 Å². The fraction of sp³-hybridized carbons (Fsp3) is 0.143. The summed E-state index contributed by atoms with van der Waals surface area (Å²) in [4.78, 5) is 0. The standard InChI is InChI=1S/C7H4ClF3INO/c8-3-1-4(12)6(13)5(2-3)14-7(9,10)11/h1-2H,13H2. The number of hydrogen-bond donors (Lipinski definition) is 1. The van der Waals surface area contributed by atoms with Crippen molar-refractivity contribution in [3.63, 3.8) is 0 Å². The number of anilines is 1. The summed E-state index contributed by atoms with van der Waals surface area (Å²) in [6, 6.07) is 2.47. The number of benzene rings is 1. The second-order valence-corrected chi connectivity index (χ2v) is 3.95. The van der Waals surface area contributed by atoms with E-state index in [-0.39, 0.29) is 10.7 Å². The third kappa shape index (κ3) is 3.09. The Morgan fingerprint density at radius 2 is 1.93 bits per heavy atom. The molecule has 0 fully saturated rings. The van der Waals surface area contributed by atoms with Crippen molar-refractivity contribution in [3.8, 4) is 5.75 Å². The van der Waals surface area contributed by atoms with E-state index in [9.17, 15) is 13.2 Å². The fourth-order valence-electron chi connectivity index (χ4n) is 0.770. The summed E-state index contributed by atoms with van der Waals surface area (Å²) in [6.45, 7) is 0. The Hall–Kier alpha value is -0.370. The van der Waals surface area contributed by atoms with Crippen molar-refractivity contribution >= 4 is 39.9 Å². The second kappa shape index (κ2) is 4.01. The summed E-state index contributed by atoms with van der Waals surface area (Å²) in [7, 11) is 0. The summed E-state index contributed by atoms with van der Waals surface area (Å²) in [5.41, 5.74) is 5.29. The lowest BCUT2D eigenvalue weighted by atomic mass is 10.3. The molecule has 0 radical (unpaired) electrons. The maximum atomic E-state index is 11.9. The van der Waals surface area contributed by atoms with Crippen LogP contribution in [0.25, 0.3) is 0 Å². The lowest BCUT2D eigenvalue weighted by Crippen LogP contribution is -2.18. The Labute approximate surface area is 96.3 Å². The largest absolute Gasteiger partial charge is 0.573 e. The molecule has 2 N–H and O–H groups in total. The molecule has 0 atom stereocenters. The van der Waals surface area contributed by atoms with Gasteiger partial charge in [-0.2, -0.15) is 0 Å². The van der Waals surface area contributed by atoms with Gasteiger partial charge in [0, 0.05) is 14.7 Å². The van der Waals surface area contributed by atoms with Gasteiger partial charge in [-0.1, -0.05) is 11.6 Å². The Morgan fingerprint density at radius 1 is 1.36 bits per heavy atom. The van der Waals surface area contributed by atoms with Crippen LogP contribution in [0.4, 0.5) is 18.9 Å². The average molecular weight is 337 g/mol. The molecule has 0 aromatic heterocycles. The molecular weight excluding hydrogens is 333 g/mol. The van der Waals surface area contributed by atoms with E-state index in [1.54, 1.807) is 22.6 Å². The van der Waals surface area contributed by atoms with E-state index in [4.69, 9.17) is 17.3 Å². The zero-order chi connectivity index (χ0) is 10.9. The fourth-order valence-corrected chi connectivity index (χ4v) is 1.76. The summed E-state index contributed by atoms with van der Waals surface area (Å²) in [5, 5.41) is 0.142. The van der Waals surface area contributed by atoms with Crippen molar-refractivity contribution in [2.75, 3.05) is 5.73 Å². The Bertz CT molecular complexity index is 356. The number of alkyl halides is 3. The van der Waals surface area contributed by atoms with Crippen molar-refractivity contribution in [3.05, 3.63) is 20.7 Å². The first-order valence-electron chi connectivity index (χ1n) is 3.30. The highest BCUT2D eigenvalue weighted by molar-refractivity contribution is 14.1. The maximum absolute atomic E-state index is 11.9. The smallest absolute Gasteiger partial charge is 0.403 e. The molecule has 0 saturated heterocycles. The van der Waals surface area contributed by atoms with Gasteiger partial charge in [0.25, 0.3) is 0 Å². The minimum Gasteiger partial charge on any atom is -0.403 e. The van der Waals surface area contributed by atoms with Gasteiger partial charge in [0.1, 0.15) is 0 Å². The first-order chi connectivity index (χ1) is 6.29. The molecule has 0 heterocycles.